The van der Waals surface area contributed by atoms with E-state index in [-0.39, 0.29) is 0 Å². The molecule has 0 radical (unpaired) electrons. The van der Waals surface area contributed by atoms with Crippen molar-refractivity contribution in [2.45, 2.75) is 20.3 Å². The third-order valence-corrected chi connectivity index (χ3v) is 2.86. The second-order valence-electron chi connectivity index (χ2n) is 5.04. The third-order valence-electron chi connectivity index (χ3n) is 2.61. The molecule has 0 amide bonds. The molecule has 1 rings (SSSR count). The normalized spacial score (nSPS) is 10.4. The lowest BCUT2D eigenvalue weighted by molar-refractivity contribution is 0.400. The van der Waals surface area contributed by atoms with Gasteiger partial charge in [0, 0.05) is 6.54 Å². The molecule has 0 atom stereocenters. The highest BCUT2D eigenvalue weighted by Crippen LogP contribution is 2.12. The summed E-state index contributed by atoms with van der Waals surface area (Å²) in [6.45, 7) is 6.09. The van der Waals surface area contributed by atoms with E-state index < -0.39 is 0 Å². The van der Waals surface area contributed by atoms with Crippen molar-refractivity contribution in [1.29, 1.82) is 0 Å². The Kier molecular flexibility index (Phi) is 6.59. The van der Waals surface area contributed by atoms with Crippen LogP contribution < -0.4 is 16.2 Å². The number of nitrogens with one attached hydrogen (secondary N) is 3. The van der Waals surface area contributed by atoms with Crippen LogP contribution in [0.5, 0.6) is 0 Å². The molecule has 0 aliphatic heterocycles. The van der Waals surface area contributed by atoms with Crippen molar-refractivity contribution in [2.24, 2.45) is 0 Å². The fourth-order valence-electron chi connectivity index (χ4n) is 1.82. The van der Waals surface area contributed by atoms with Gasteiger partial charge in [-0.15, -0.1) is 0 Å². The van der Waals surface area contributed by atoms with Gasteiger partial charge in [0.15, 0.2) is 5.11 Å². The summed E-state index contributed by atoms with van der Waals surface area (Å²) >= 11 is 5.20. The van der Waals surface area contributed by atoms with Crippen molar-refractivity contribution in [3.63, 3.8) is 0 Å². The summed E-state index contributed by atoms with van der Waals surface area (Å²) in [6, 6.07) is 6.30. The van der Waals surface area contributed by atoms with E-state index in [2.05, 4.69) is 67.2 Å². The predicted octanol–water partition coefficient (Wildman–Crippen LogP) is 2.05. The van der Waals surface area contributed by atoms with Crippen LogP contribution in [0.25, 0.3) is 0 Å². The van der Waals surface area contributed by atoms with Gasteiger partial charge < -0.3 is 10.2 Å². The molecule has 19 heavy (non-hydrogen) atoms. The molecule has 0 fully saturated rings. The lowest BCUT2D eigenvalue weighted by atomic mass is 10.1. The van der Waals surface area contributed by atoms with Crippen LogP contribution in [-0.2, 0) is 0 Å². The number of hydrogen-bond acceptors (Lipinski definition) is 3. The van der Waals surface area contributed by atoms with Crippen molar-refractivity contribution in [3.8, 4) is 0 Å². The number of rotatable bonds is 6. The van der Waals surface area contributed by atoms with Crippen LogP contribution in [-0.4, -0.2) is 37.2 Å². The summed E-state index contributed by atoms with van der Waals surface area (Å²) in [4.78, 5) is 2.16. The van der Waals surface area contributed by atoms with Gasteiger partial charge in [-0.05, 0) is 76.4 Å². The average Bonchev–Trinajstić information content (AvgIpc) is 2.31. The Morgan fingerprint density at radius 1 is 1.16 bits per heavy atom. The van der Waals surface area contributed by atoms with E-state index in [1.807, 2.05) is 0 Å². The molecule has 0 aliphatic rings. The lowest BCUT2D eigenvalue weighted by Crippen LogP contribution is -2.39. The van der Waals surface area contributed by atoms with E-state index in [1.54, 1.807) is 0 Å². The molecule has 0 unspecified atom stereocenters. The van der Waals surface area contributed by atoms with Crippen molar-refractivity contribution >= 4 is 23.0 Å². The first-order chi connectivity index (χ1) is 8.97. The molecule has 0 saturated carbocycles. The maximum absolute atomic E-state index is 5.20. The molecule has 1 aromatic carbocycles. The van der Waals surface area contributed by atoms with E-state index in [9.17, 15) is 0 Å². The van der Waals surface area contributed by atoms with Crippen molar-refractivity contribution < 1.29 is 0 Å². The van der Waals surface area contributed by atoms with Gasteiger partial charge in [0.2, 0.25) is 0 Å². The van der Waals surface area contributed by atoms with Crippen LogP contribution in [0.3, 0.4) is 0 Å². The number of thiocarbonyl (C=S) groups is 1. The Hall–Kier alpha value is -1.33. The highest BCUT2D eigenvalue weighted by atomic mass is 32.1. The van der Waals surface area contributed by atoms with E-state index in [4.69, 9.17) is 12.2 Å². The Balaban J connectivity index is 2.26. The quantitative estimate of drug-likeness (QED) is 0.423. The highest BCUT2D eigenvalue weighted by Gasteiger charge is 1.97. The third kappa shape index (κ3) is 6.98. The summed E-state index contributed by atoms with van der Waals surface area (Å²) in [7, 11) is 4.14. The summed E-state index contributed by atoms with van der Waals surface area (Å²) in [5.41, 5.74) is 9.59. The first-order valence-electron chi connectivity index (χ1n) is 6.50. The van der Waals surface area contributed by atoms with Crippen LogP contribution in [0, 0.1) is 13.8 Å². The zero-order chi connectivity index (χ0) is 14.3. The second-order valence-corrected chi connectivity index (χ2v) is 5.45. The Labute approximate surface area is 121 Å². The summed E-state index contributed by atoms with van der Waals surface area (Å²) in [5, 5.41) is 3.79. The number of nitrogens with zero attached hydrogens (tertiary/aromatic N) is 1. The molecule has 106 valence electrons. The molecular weight excluding hydrogens is 256 g/mol. The Bertz CT molecular complexity index is 398. The van der Waals surface area contributed by atoms with Gasteiger partial charge in [0.05, 0.1) is 5.69 Å². The molecule has 1 aromatic rings. The predicted molar refractivity (Wildman–Crippen MR) is 86.4 cm³/mol. The minimum atomic E-state index is 0.623. The second kappa shape index (κ2) is 7.96. The van der Waals surface area contributed by atoms with Gasteiger partial charge in [-0.3, -0.25) is 10.9 Å². The van der Waals surface area contributed by atoms with Crippen LogP contribution in [0.2, 0.25) is 0 Å². The number of hydrazine groups is 1. The number of aryl methyl sites for hydroxylation is 2. The fraction of sp³-hybridized carbons (Fsp3) is 0.500. The first-order valence-corrected chi connectivity index (χ1v) is 6.91. The standard InChI is InChI=1S/C14H24N4S/c1-11-8-12(2)10-13(9-11)16-17-14(19)15-6-5-7-18(3)4/h8-10,16H,5-7H2,1-4H3,(H2,15,17,19). The Morgan fingerprint density at radius 2 is 1.79 bits per heavy atom. The van der Waals surface area contributed by atoms with Crippen molar-refractivity contribution in [1.82, 2.24) is 15.6 Å². The number of hydrogen-bond donors (Lipinski definition) is 3. The maximum Gasteiger partial charge on any atom is 0.185 e. The lowest BCUT2D eigenvalue weighted by Gasteiger charge is -2.14. The smallest absolute Gasteiger partial charge is 0.185 e. The first kappa shape index (κ1) is 15.7. The average molecular weight is 280 g/mol. The molecule has 5 heteroatoms. The van der Waals surface area contributed by atoms with Gasteiger partial charge >= 0.3 is 0 Å². The fourth-order valence-corrected chi connectivity index (χ4v) is 1.97. The van der Waals surface area contributed by atoms with Gasteiger partial charge in [-0.25, -0.2) is 0 Å². The molecule has 0 aliphatic carbocycles. The molecule has 0 spiro atoms. The zero-order valence-corrected chi connectivity index (χ0v) is 13.0. The van der Waals surface area contributed by atoms with Gasteiger partial charge in [-0.2, -0.15) is 0 Å². The molecule has 4 nitrogen and oxygen atoms in total. The highest BCUT2D eigenvalue weighted by molar-refractivity contribution is 7.80. The minimum Gasteiger partial charge on any atom is -0.361 e. The van der Waals surface area contributed by atoms with E-state index in [0.717, 1.165) is 25.2 Å². The van der Waals surface area contributed by atoms with Crippen molar-refractivity contribution in [2.75, 3.05) is 32.6 Å². The molecule has 0 heterocycles. The number of anilines is 1. The van der Waals surface area contributed by atoms with Crippen molar-refractivity contribution in [3.05, 3.63) is 29.3 Å². The van der Waals surface area contributed by atoms with Crippen LogP contribution in [0.15, 0.2) is 18.2 Å². The summed E-state index contributed by atoms with van der Waals surface area (Å²) < 4.78 is 0. The van der Waals surface area contributed by atoms with E-state index in [1.165, 1.54) is 11.1 Å². The van der Waals surface area contributed by atoms with Crippen LogP contribution in [0.4, 0.5) is 5.69 Å². The van der Waals surface area contributed by atoms with Gasteiger partial charge in [0.1, 0.15) is 0 Å². The number of benzene rings is 1. The molecule has 3 N–H and O–H groups in total. The maximum atomic E-state index is 5.20. The van der Waals surface area contributed by atoms with E-state index in [0.29, 0.717) is 5.11 Å². The van der Waals surface area contributed by atoms with Crippen LogP contribution >= 0.6 is 12.2 Å². The van der Waals surface area contributed by atoms with Crippen LogP contribution in [0.1, 0.15) is 17.5 Å². The van der Waals surface area contributed by atoms with Gasteiger partial charge in [-0.1, -0.05) is 6.07 Å². The molecule has 0 bridgehead atoms. The summed E-state index contributed by atoms with van der Waals surface area (Å²) in [6.07, 6.45) is 1.07. The SMILES string of the molecule is Cc1cc(C)cc(NNC(=S)NCCCN(C)C)c1. The van der Waals surface area contributed by atoms with Gasteiger partial charge in [0.25, 0.3) is 0 Å². The van der Waals surface area contributed by atoms with E-state index >= 15 is 0 Å². The molecule has 0 saturated heterocycles. The monoisotopic (exact) mass is 280 g/mol. The largest absolute Gasteiger partial charge is 0.361 e. The molecule has 0 aromatic heterocycles. The zero-order valence-electron chi connectivity index (χ0n) is 12.2. The molecular formula is C14H24N4S. The summed E-state index contributed by atoms with van der Waals surface area (Å²) in [5.74, 6) is 0. The Morgan fingerprint density at radius 3 is 2.37 bits per heavy atom. The topological polar surface area (TPSA) is 39.3 Å². The minimum absolute atomic E-state index is 0.623.